The second-order valence-electron chi connectivity index (χ2n) is 10.6. The zero-order chi connectivity index (χ0) is 22.4. The van der Waals surface area contributed by atoms with E-state index in [9.17, 15) is 18.3 Å². The van der Waals surface area contributed by atoms with E-state index < -0.39 is 17.8 Å². The molecule has 2 saturated carbocycles. The molecule has 3 aliphatic rings. The predicted molar refractivity (Wildman–Crippen MR) is 115 cm³/mol. The van der Waals surface area contributed by atoms with Crippen LogP contribution in [-0.4, -0.2) is 61.5 Å². The van der Waals surface area contributed by atoms with Gasteiger partial charge in [0.15, 0.2) is 0 Å². The van der Waals surface area contributed by atoms with Crippen LogP contribution in [0.3, 0.4) is 0 Å². The maximum absolute atomic E-state index is 13.0. The normalized spacial score (nSPS) is 30.9. The van der Waals surface area contributed by atoms with Crippen LogP contribution in [-0.2, 0) is 10.9 Å². The average molecular weight is 476 g/mol. The molecule has 182 valence electrons. The summed E-state index contributed by atoms with van der Waals surface area (Å²) < 4.78 is 45.2. The van der Waals surface area contributed by atoms with E-state index in [0.717, 1.165) is 6.07 Å². The third kappa shape index (κ3) is 5.06. The van der Waals surface area contributed by atoms with Gasteiger partial charge in [0.05, 0.1) is 24.4 Å². The van der Waals surface area contributed by atoms with Gasteiger partial charge in [0.1, 0.15) is 0 Å². The minimum absolute atomic E-state index is 0. The first-order chi connectivity index (χ1) is 14.5. The van der Waals surface area contributed by atoms with Gasteiger partial charge in [-0.1, -0.05) is 26.8 Å². The number of hydrogen-bond donors (Lipinski definition) is 1. The fraction of sp³-hybridized carbons (Fsp3) is 0.750. The molecule has 1 aliphatic heterocycles. The number of fused-ring (bicyclic) bond motifs is 2. The van der Waals surface area contributed by atoms with E-state index in [-0.39, 0.29) is 29.3 Å². The zero-order valence-electron chi connectivity index (χ0n) is 19.2. The van der Waals surface area contributed by atoms with E-state index in [2.05, 4.69) is 25.7 Å². The smallest absolute Gasteiger partial charge is 0.416 e. The highest BCUT2D eigenvalue weighted by Crippen LogP contribution is 2.63. The molecule has 1 N–H and O–H groups in total. The maximum Gasteiger partial charge on any atom is 0.416 e. The molecule has 2 aliphatic carbocycles. The molecule has 0 spiro atoms. The highest BCUT2D eigenvalue weighted by Gasteiger charge is 2.60. The SMILES string of the molecule is CC12CCC(C1)C(C)(C)C2OCC(O)CN1CCN(c2cccc(C(F)(F)F)c2)CC1.[Cl-]. The standard InChI is InChI=1S/C24H35F3N2O2.ClH/c1-22(2)18-7-8-23(3,14-18)21(22)31-16-20(30)15-28-9-11-29(12-10-28)19-6-4-5-17(13-19)24(25,26)27;/h4-6,13,18,20-21,30H,7-12,14-16H2,1-3H3;1H/p-1. The van der Waals surface area contributed by atoms with Crippen LogP contribution in [0.25, 0.3) is 0 Å². The van der Waals surface area contributed by atoms with Crippen LogP contribution in [0.15, 0.2) is 24.3 Å². The predicted octanol–water partition coefficient (Wildman–Crippen LogP) is 1.42. The lowest BCUT2D eigenvalue weighted by molar-refractivity contribution is -0.137. The molecule has 32 heavy (non-hydrogen) atoms. The lowest BCUT2D eigenvalue weighted by atomic mass is 9.70. The first-order valence-electron chi connectivity index (χ1n) is 11.4. The van der Waals surface area contributed by atoms with Crippen LogP contribution in [0.4, 0.5) is 18.9 Å². The summed E-state index contributed by atoms with van der Waals surface area (Å²) in [5.41, 5.74) is 0.371. The first-order valence-corrected chi connectivity index (χ1v) is 11.4. The fourth-order valence-electron chi connectivity index (χ4n) is 6.30. The molecule has 4 unspecified atom stereocenters. The Bertz CT molecular complexity index is 778. The topological polar surface area (TPSA) is 35.9 Å². The third-order valence-electron chi connectivity index (χ3n) is 7.97. The number of anilines is 1. The molecule has 1 aromatic rings. The van der Waals surface area contributed by atoms with Crippen molar-refractivity contribution in [3.05, 3.63) is 29.8 Å². The Morgan fingerprint density at radius 3 is 2.44 bits per heavy atom. The van der Waals surface area contributed by atoms with Crippen molar-refractivity contribution < 1.29 is 35.4 Å². The number of benzene rings is 1. The minimum atomic E-state index is -4.33. The Labute approximate surface area is 195 Å². The molecule has 3 fully saturated rings. The molecule has 0 radical (unpaired) electrons. The molecular weight excluding hydrogens is 441 g/mol. The minimum Gasteiger partial charge on any atom is -1.00 e. The molecule has 1 saturated heterocycles. The summed E-state index contributed by atoms with van der Waals surface area (Å²) in [7, 11) is 0. The number of piperazine rings is 1. The highest BCUT2D eigenvalue weighted by molar-refractivity contribution is 5.49. The number of β-amino-alcohol motifs (C(OH)–C–C–N with tert-alkyl or cyclic N) is 1. The first kappa shape index (κ1) is 25.6. The van der Waals surface area contributed by atoms with Crippen LogP contribution < -0.4 is 17.3 Å². The Morgan fingerprint density at radius 1 is 1.16 bits per heavy atom. The van der Waals surface area contributed by atoms with Crippen LogP contribution in [0.5, 0.6) is 0 Å². The Hall–Kier alpha value is -1.02. The molecule has 4 nitrogen and oxygen atoms in total. The molecule has 4 atom stereocenters. The van der Waals surface area contributed by atoms with Gasteiger partial charge in [0, 0.05) is 38.4 Å². The average Bonchev–Trinajstić information content (AvgIpc) is 3.19. The summed E-state index contributed by atoms with van der Waals surface area (Å²) in [6, 6.07) is 5.51. The number of alkyl halides is 3. The van der Waals surface area contributed by atoms with E-state index in [1.807, 2.05) is 4.90 Å². The summed E-state index contributed by atoms with van der Waals surface area (Å²) in [6.07, 6.45) is -0.990. The zero-order valence-corrected chi connectivity index (χ0v) is 19.9. The van der Waals surface area contributed by atoms with Gasteiger partial charge in [0.2, 0.25) is 0 Å². The molecule has 1 aromatic carbocycles. The van der Waals surface area contributed by atoms with Gasteiger partial charge < -0.3 is 27.2 Å². The highest BCUT2D eigenvalue weighted by atomic mass is 35.5. The van der Waals surface area contributed by atoms with Crippen molar-refractivity contribution in [3.8, 4) is 0 Å². The molecule has 8 heteroatoms. The largest absolute Gasteiger partial charge is 1.00 e. The molecule has 2 bridgehead atoms. The molecular formula is C24H35ClF3N2O2-. The van der Waals surface area contributed by atoms with Crippen molar-refractivity contribution in [2.24, 2.45) is 16.7 Å². The van der Waals surface area contributed by atoms with Gasteiger partial charge in [-0.2, -0.15) is 13.2 Å². The second kappa shape index (κ2) is 9.32. The van der Waals surface area contributed by atoms with Crippen molar-refractivity contribution in [2.75, 3.05) is 44.2 Å². The summed E-state index contributed by atoms with van der Waals surface area (Å²) in [6.45, 7) is 10.5. The Kier molecular flexibility index (Phi) is 7.46. The summed E-state index contributed by atoms with van der Waals surface area (Å²) >= 11 is 0. The number of nitrogens with zero attached hydrogens (tertiary/aromatic N) is 2. The van der Waals surface area contributed by atoms with Gasteiger partial charge in [0.25, 0.3) is 0 Å². The van der Waals surface area contributed by atoms with E-state index in [0.29, 0.717) is 50.9 Å². The molecule has 4 rings (SSSR count). The maximum atomic E-state index is 13.0. The Balaban J connectivity index is 0.00000289. The van der Waals surface area contributed by atoms with Gasteiger partial charge in [-0.15, -0.1) is 0 Å². The number of halogens is 4. The molecule has 0 aromatic heterocycles. The van der Waals surface area contributed by atoms with Crippen molar-refractivity contribution in [1.29, 1.82) is 0 Å². The van der Waals surface area contributed by atoms with Crippen molar-refractivity contribution in [3.63, 3.8) is 0 Å². The third-order valence-corrected chi connectivity index (χ3v) is 7.97. The Morgan fingerprint density at radius 2 is 1.84 bits per heavy atom. The van der Waals surface area contributed by atoms with Crippen molar-refractivity contribution in [2.45, 2.75) is 58.4 Å². The van der Waals surface area contributed by atoms with E-state index >= 15 is 0 Å². The van der Waals surface area contributed by atoms with Crippen molar-refractivity contribution >= 4 is 5.69 Å². The second-order valence-corrected chi connectivity index (χ2v) is 10.6. The summed E-state index contributed by atoms with van der Waals surface area (Å²) in [4.78, 5) is 4.15. The number of aliphatic hydroxyl groups excluding tert-OH is 1. The van der Waals surface area contributed by atoms with Crippen LogP contribution in [0.1, 0.15) is 45.6 Å². The van der Waals surface area contributed by atoms with Crippen LogP contribution in [0.2, 0.25) is 0 Å². The van der Waals surface area contributed by atoms with Crippen LogP contribution in [0, 0.1) is 16.7 Å². The molecule has 0 amide bonds. The van der Waals surface area contributed by atoms with Crippen molar-refractivity contribution in [1.82, 2.24) is 4.90 Å². The lowest BCUT2D eigenvalue weighted by Crippen LogP contribution is -3.00. The van der Waals surface area contributed by atoms with Gasteiger partial charge in [-0.25, -0.2) is 0 Å². The van der Waals surface area contributed by atoms with E-state index in [1.165, 1.54) is 31.4 Å². The quantitative estimate of drug-likeness (QED) is 0.675. The van der Waals surface area contributed by atoms with Gasteiger partial charge >= 0.3 is 6.18 Å². The van der Waals surface area contributed by atoms with Gasteiger partial charge in [-0.05, 0) is 54.2 Å². The van der Waals surface area contributed by atoms with Crippen LogP contribution >= 0.6 is 0 Å². The number of hydrogen-bond acceptors (Lipinski definition) is 4. The molecule has 1 heterocycles. The van der Waals surface area contributed by atoms with E-state index in [1.54, 1.807) is 6.07 Å². The number of aliphatic hydroxyl groups is 1. The number of rotatable bonds is 6. The van der Waals surface area contributed by atoms with Gasteiger partial charge in [-0.3, -0.25) is 4.90 Å². The number of ether oxygens (including phenoxy) is 1. The fourth-order valence-corrected chi connectivity index (χ4v) is 6.30. The summed E-state index contributed by atoms with van der Waals surface area (Å²) in [5.74, 6) is 0.712. The van der Waals surface area contributed by atoms with E-state index in [4.69, 9.17) is 4.74 Å². The summed E-state index contributed by atoms with van der Waals surface area (Å²) in [5, 5.41) is 10.6. The lowest BCUT2D eigenvalue weighted by Gasteiger charge is -2.43. The monoisotopic (exact) mass is 475 g/mol.